The van der Waals surface area contributed by atoms with Crippen LogP contribution >= 0.6 is 11.6 Å². The van der Waals surface area contributed by atoms with Crippen LogP contribution in [0.25, 0.3) is 0 Å². The number of nitrogens with zero attached hydrogens (tertiary/aromatic N) is 2. The summed E-state index contributed by atoms with van der Waals surface area (Å²) < 4.78 is 4.81. The normalized spacial score (nSPS) is 13.5. The van der Waals surface area contributed by atoms with E-state index >= 15 is 0 Å². The Bertz CT molecular complexity index is 1420. The summed E-state index contributed by atoms with van der Waals surface area (Å²) >= 11 is 6.13. The minimum absolute atomic E-state index is 0.204. The van der Waals surface area contributed by atoms with Gasteiger partial charge in [0.15, 0.2) is 0 Å². The van der Waals surface area contributed by atoms with E-state index in [4.69, 9.17) is 27.9 Å². The van der Waals surface area contributed by atoms with Gasteiger partial charge in [0.1, 0.15) is 6.10 Å². The minimum atomic E-state index is -1.26. The number of hydrogen-bond donors (Lipinski definition) is 3. The molecule has 3 N–H and O–H groups in total. The molecule has 1 heterocycles. The Labute approximate surface area is 230 Å². The van der Waals surface area contributed by atoms with Gasteiger partial charge in [0, 0.05) is 47.8 Å². The van der Waals surface area contributed by atoms with Gasteiger partial charge in [0.2, 0.25) is 0 Å². The molecule has 4 rings (SSSR count). The van der Waals surface area contributed by atoms with E-state index in [-0.39, 0.29) is 11.7 Å². The maximum absolute atomic E-state index is 13.0. The van der Waals surface area contributed by atoms with Crippen molar-refractivity contribution in [3.05, 3.63) is 88.4 Å². The summed E-state index contributed by atoms with van der Waals surface area (Å²) in [5.41, 5.74) is 2.78. The first-order valence-electron chi connectivity index (χ1n) is 12.1. The predicted octanol–water partition coefficient (Wildman–Crippen LogP) is 5.64. The first kappa shape index (κ1) is 27.2. The summed E-state index contributed by atoms with van der Waals surface area (Å²) in [5, 5.41) is 14.6. The number of carbonyl (C=O) groups excluding carboxylic acids is 2. The molecule has 0 bridgehead atoms. The van der Waals surface area contributed by atoms with E-state index in [1.807, 2.05) is 4.90 Å². The number of halogens is 1. The molecule has 0 radical (unpaired) electrons. The molecule has 39 heavy (non-hydrogen) atoms. The molecular formula is C29H25ClN4O5. The Kier molecular flexibility index (Phi) is 8.82. The van der Waals surface area contributed by atoms with Crippen molar-refractivity contribution in [2.45, 2.75) is 18.9 Å². The van der Waals surface area contributed by atoms with Gasteiger partial charge in [-0.1, -0.05) is 17.5 Å². The maximum atomic E-state index is 13.0. The Morgan fingerprint density at radius 1 is 1.00 bits per heavy atom. The summed E-state index contributed by atoms with van der Waals surface area (Å²) in [4.78, 5) is 43.0. The molecule has 0 unspecified atom stereocenters. The fourth-order valence-electron chi connectivity index (χ4n) is 3.95. The number of likely N-dealkylation sites (tertiary alicyclic amines) is 1. The van der Waals surface area contributed by atoms with Crippen LogP contribution in [0.2, 0.25) is 5.02 Å². The quantitative estimate of drug-likeness (QED) is 0.153. The Hall–Kier alpha value is -4.81. The average molecular weight is 545 g/mol. The van der Waals surface area contributed by atoms with Crippen LogP contribution < -0.4 is 10.6 Å². The van der Waals surface area contributed by atoms with Gasteiger partial charge in [-0.15, -0.1) is 6.42 Å². The number of hydrogen-bond acceptors (Lipinski definition) is 5. The number of benzene rings is 3. The number of piperidine rings is 1. The third-order valence-electron chi connectivity index (χ3n) is 6.03. The van der Waals surface area contributed by atoms with Crippen molar-refractivity contribution in [1.82, 2.24) is 4.90 Å². The molecule has 2 amide bonds. The summed E-state index contributed by atoms with van der Waals surface area (Å²) in [6.45, 7) is 1.27. The van der Waals surface area contributed by atoms with Crippen molar-refractivity contribution < 1.29 is 24.2 Å². The predicted molar refractivity (Wildman–Crippen MR) is 150 cm³/mol. The lowest BCUT2D eigenvalue weighted by Crippen LogP contribution is -2.36. The molecule has 1 fully saturated rings. The number of nitrogens with one attached hydrogen (secondary N) is 2. The second kappa shape index (κ2) is 12.6. The molecular weight excluding hydrogens is 520 g/mol. The molecule has 3 aromatic carbocycles. The van der Waals surface area contributed by atoms with E-state index in [2.05, 4.69) is 21.5 Å². The van der Waals surface area contributed by atoms with Gasteiger partial charge in [-0.3, -0.25) is 9.59 Å². The van der Waals surface area contributed by atoms with Gasteiger partial charge in [0.05, 0.1) is 23.3 Å². The van der Waals surface area contributed by atoms with E-state index in [1.54, 1.807) is 67.0 Å². The molecule has 0 aliphatic carbocycles. The molecule has 1 aliphatic rings. The fourth-order valence-corrected chi connectivity index (χ4v) is 4.13. The van der Waals surface area contributed by atoms with Crippen LogP contribution in [0.3, 0.4) is 0 Å². The van der Waals surface area contributed by atoms with Crippen LogP contribution in [-0.4, -0.2) is 53.5 Å². The number of anilines is 2. The largest absolute Gasteiger partial charge is 0.506 e. The number of carbonyl (C=O) groups is 3. The molecule has 10 heteroatoms. The van der Waals surface area contributed by atoms with E-state index in [0.29, 0.717) is 59.1 Å². The molecule has 0 aromatic heterocycles. The monoisotopic (exact) mass is 544 g/mol. The van der Waals surface area contributed by atoms with Gasteiger partial charge in [0.25, 0.3) is 11.8 Å². The number of terminal acetylenes is 1. The topological polar surface area (TPSA) is 120 Å². The van der Waals surface area contributed by atoms with Gasteiger partial charge >= 0.3 is 6.16 Å². The van der Waals surface area contributed by atoms with Gasteiger partial charge in [-0.05, 0) is 66.7 Å². The molecule has 1 aliphatic heterocycles. The third-order valence-corrected chi connectivity index (χ3v) is 6.26. The highest BCUT2D eigenvalue weighted by Crippen LogP contribution is 2.24. The fraction of sp³-hybridized carbons (Fsp3) is 0.172. The third kappa shape index (κ3) is 7.60. The van der Waals surface area contributed by atoms with E-state index in [9.17, 15) is 14.4 Å². The van der Waals surface area contributed by atoms with Crippen molar-refractivity contribution in [3.63, 3.8) is 0 Å². The number of aliphatic imine (C=N–C) groups is 1. The zero-order chi connectivity index (χ0) is 27.8. The zero-order valence-electron chi connectivity index (χ0n) is 20.8. The summed E-state index contributed by atoms with van der Waals surface area (Å²) in [5.74, 6) is 1.67. The second-order valence-corrected chi connectivity index (χ2v) is 9.17. The van der Waals surface area contributed by atoms with Crippen LogP contribution in [0, 0.1) is 12.3 Å². The molecule has 0 saturated carbocycles. The Balaban J connectivity index is 1.38. The number of amides is 2. The minimum Gasteiger partial charge on any atom is -0.450 e. The maximum Gasteiger partial charge on any atom is 0.506 e. The second-order valence-electron chi connectivity index (χ2n) is 8.73. The van der Waals surface area contributed by atoms with Gasteiger partial charge in [-0.25, -0.2) is 9.79 Å². The van der Waals surface area contributed by atoms with Crippen LogP contribution in [-0.2, 0) is 4.74 Å². The van der Waals surface area contributed by atoms with Crippen LogP contribution in [0.1, 0.15) is 39.1 Å². The molecule has 0 spiro atoms. The molecule has 0 atom stereocenters. The Morgan fingerprint density at radius 2 is 1.69 bits per heavy atom. The lowest BCUT2D eigenvalue weighted by atomic mass is 10.1. The van der Waals surface area contributed by atoms with Crippen molar-refractivity contribution in [2.24, 2.45) is 4.99 Å². The lowest BCUT2D eigenvalue weighted by molar-refractivity contribution is 0.0297. The molecule has 9 nitrogen and oxygen atoms in total. The SMILES string of the molecule is C#Cc1ccc(NC(=O)c2cc(Cl)ccc2NC(=O)c2ccc(N=CN3CCC(OC(=O)O)CC3)cc2)cc1. The standard InChI is InChI=1S/C29H25ClN4O5/c1-2-19-3-8-23(9-4-19)32-28(36)25-17-21(30)7-12-26(25)33-27(35)20-5-10-22(11-6-20)31-18-34-15-13-24(14-16-34)39-29(37)38/h1,3-12,17-18,24H,13-16H2,(H,32,36)(H,33,35)(H,37,38). The Morgan fingerprint density at radius 3 is 2.33 bits per heavy atom. The highest BCUT2D eigenvalue weighted by molar-refractivity contribution is 6.31. The van der Waals surface area contributed by atoms with E-state index in [1.165, 1.54) is 6.07 Å². The first-order valence-corrected chi connectivity index (χ1v) is 12.5. The molecule has 198 valence electrons. The van der Waals surface area contributed by atoms with Crippen molar-refractivity contribution in [1.29, 1.82) is 0 Å². The smallest absolute Gasteiger partial charge is 0.450 e. The van der Waals surface area contributed by atoms with Crippen LogP contribution in [0.4, 0.5) is 21.9 Å². The van der Waals surface area contributed by atoms with Crippen molar-refractivity contribution in [2.75, 3.05) is 23.7 Å². The van der Waals surface area contributed by atoms with E-state index in [0.717, 1.165) is 0 Å². The first-order chi connectivity index (χ1) is 18.8. The van der Waals surface area contributed by atoms with E-state index < -0.39 is 18.0 Å². The van der Waals surface area contributed by atoms with Crippen molar-refractivity contribution >= 4 is 53.0 Å². The number of ether oxygens (including phenoxy) is 1. The summed E-state index contributed by atoms with van der Waals surface area (Å²) in [7, 11) is 0. The zero-order valence-corrected chi connectivity index (χ0v) is 21.5. The van der Waals surface area contributed by atoms with Gasteiger partial charge < -0.3 is 25.4 Å². The highest BCUT2D eigenvalue weighted by Gasteiger charge is 2.20. The molecule has 3 aromatic rings. The highest BCUT2D eigenvalue weighted by atomic mass is 35.5. The summed E-state index contributed by atoms with van der Waals surface area (Å²) in [6, 6.07) is 18.1. The molecule has 1 saturated heterocycles. The lowest BCUT2D eigenvalue weighted by Gasteiger charge is -2.29. The van der Waals surface area contributed by atoms with Gasteiger partial charge in [-0.2, -0.15) is 0 Å². The summed E-state index contributed by atoms with van der Waals surface area (Å²) in [6.07, 6.45) is 6.72. The average Bonchev–Trinajstić information content (AvgIpc) is 2.94. The van der Waals surface area contributed by atoms with Crippen LogP contribution in [0.15, 0.2) is 71.7 Å². The van der Waals surface area contributed by atoms with Crippen molar-refractivity contribution in [3.8, 4) is 12.3 Å². The number of rotatable bonds is 7. The number of carboxylic acid groups (broad SMARTS) is 1. The van der Waals surface area contributed by atoms with Crippen LogP contribution in [0.5, 0.6) is 0 Å².